The van der Waals surface area contributed by atoms with Crippen LogP contribution in [0.15, 0.2) is 84.9 Å². The van der Waals surface area contributed by atoms with Gasteiger partial charge in [-0.15, -0.1) is 0 Å². The van der Waals surface area contributed by atoms with Crippen molar-refractivity contribution in [3.8, 4) is 23.0 Å². The maximum Gasteiger partial charge on any atom is 0.148 e. The van der Waals surface area contributed by atoms with Crippen LogP contribution in [-0.4, -0.2) is 5.11 Å². The van der Waals surface area contributed by atoms with E-state index in [-0.39, 0.29) is 0 Å². The highest BCUT2D eigenvalue weighted by Gasteiger charge is 2.19. The Balaban J connectivity index is 1.80. The molecule has 1 atom stereocenters. The Labute approximate surface area is 176 Å². The third kappa shape index (κ3) is 4.20. The number of rotatable bonds is 2. The van der Waals surface area contributed by atoms with E-state index in [1.54, 1.807) is 6.92 Å². The van der Waals surface area contributed by atoms with Gasteiger partial charge in [-0.05, 0) is 71.1 Å². The quantitative estimate of drug-likeness (QED) is 0.372. The van der Waals surface area contributed by atoms with Crippen LogP contribution in [-0.2, 0) is 5.60 Å². The molecular formula is C27H21ClO. The normalized spacial score (nSPS) is 12.8. The van der Waals surface area contributed by atoms with Gasteiger partial charge in [-0.3, -0.25) is 0 Å². The van der Waals surface area contributed by atoms with Crippen LogP contribution in [0.5, 0.6) is 0 Å². The second-order valence-electron chi connectivity index (χ2n) is 7.44. The summed E-state index contributed by atoms with van der Waals surface area (Å²) < 4.78 is 0. The Morgan fingerprint density at radius 1 is 0.862 bits per heavy atom. The molecule has 4 aromatic rings. The van der Waals surface area contributed by atoms with Crippen LogP contribution in [0.4, 0.5) is 0 Å². The summed E-state index contributed by atoms with van der Waals surface area (Å²) in [6, 6.07) is 27.9. The number of halogens is 1. The highest BCUT2D eigenvalue weighted by molar-refractivity contribution is 6.30. The maximum atomic E-state index is 10.8. The zero-order chi connectivity index (χ0) is 20.4. The number of hydrogen-bond acceptors (Lipinski definition) is 1. The molecule has 142 valence electrons. The molecule has 0 saturated heterocycles. The Bertz CT molecular complexity index is 1230. The standard InChI is InChI=1S/C27H21ClO/c1-19-16-22-9-8-20(14-15-27(2,29)23-6-4-3-5-7-23)18-26(22)25(17-19)21-10-12-24(28)13-11-21/h3-13,16-18,29H,1-2H3. The molecule has 4 rings (SSSR count). The van der Waals surface area contributed by atoms with Gasteiger partial charge in [-0.1, -0.05) is 84.1 Å². The van der Waals surface area contributed by atoms with Crippen molar-refractivity contribution in [1.29, 1.82) is 0 Å². The van der Waals surface area contributed by atoms with Gasteiger partial charge in [0.15, 0.2) is 0 Å². The van der Waals surface area contributed by atoms with Gasteiger partial charge in [0, 0.05) is 10.6 Å². The Hall–Kier alpha value is -3.05. The second kappa shape index (κ2) is 7.76. The summed E-state index contributed by atoms with van der Waals surface area (Å²) >= 11 is 6.07. The van der Waals surface area contributed by atoms with Crippen LogP contribution in [0.1, 0.15) is 23.6 Å². The maximum absolute atomic E-state index is 10.8. The minimum atomic E-state index is -1.21. The number of aliphatic hydroxyl groups is 1. The van der Waals surface area contributed by atoms with Crippen LogP contribution in [0.2, 0.25) is 5.02 Å². The van der Waals surface area contributed by atoms with Gasteiger partial charge in [0.05, 0.1) is 0 Å². The lowest BCUT2D eigenvalue weighted by atomic mass is 9.94. The van der Waals surface area contributed by atoms with Crippen molar-refractivity contribution < 1.29 is 5.11 Å². The van der Waals surface area contributed by atoms with Crippen molar-refractivity contribution in [2.75, 3.05) is 0 Å². The minimum Gasteiger partial charge on any atom is -0.374 e. The van der Waals surface area contributed by atoms with Gasteiger partial charge in [-0.2, -0.15) is 0 Å². The third-order valence-electron chi connectivity index (χ3n) is 5.04. The Morgan fingerprint density at radius 2 is 1.59 bits per heavy atom. The van der Waals surface area contributed by atoms with Gasteiger partial charge < -0.3 is 5.11 Å². The fourth-order valence-corrected chi connectivity index (χ4v) is 3.61. The van der Waals surface area contributed by atoms with E-state index >= 15 is 0 Å². The molecule has 1 unspecified atom stereocenters. The second-order valence-corrected chi connectivity index (χ2v) is 7.88. The van der Waals surface area contributed by atoms with E-state index in [0.29, 0.717) is 0 Å². The highest BCUT2D eigenvalue weighted by Crippen LogP contribution is 2.31. The number of fused-ring (bicyclic) bond motifs is 1. The van der Waals surface area contributed by atoms with Gasteiger partial charge in [0.2, 0.25) is 0 Å². The lowest BCUT2D eigenvalue weighted by Crippen LogP contribution is -2.18. The summed E-state index contributed by atoms with van der Waals surface area (Å²) in [5.74, 6) is 6.18. The van der Waals surface area contributed by atoms with Gasteiger partial charge in [0.25, 0.3) is 0 Å². The summed E-state index contributed by atoms with van der Waals surface area (Å²) in [5.41, 5.74) is 3.91. The molecule has 0 aromatic heterocycles. The zero-order valence-electron chi connectivity index (χ0n) is 16.4. The molecule has 29 heavy (non-hydrogen) atoms. The first-order valence-electron chi connectivity index (χ1n) is 9.54. The van der Waals surface area contributed by atoms with E-state index in [9.17, 15) is 5.11 Å². The first kappa shape index (κ1) is 19.3. The number of benzene rings is 4. The molecule has 0 aliphatic carbocycles. The average Bonchev–Trinajstić information content (AvgIpc) is 2.73. The van der Waals surface area contributed by atoms with E-state index in [4.69, 9.17) is 11.6 Å². The van der Waals surface area contributed by atoms with E-state index in [1.807, 2.05) is 60.7 Å². The summed E-state index contributed by atoms with van der Waals surface area (Å²) in [4.78, 5) is 0. The molecule has 4 aromatic carbocycles. The summed E-state index contributed by atoms with van der Waals surface area (Å²) in [6.07, 6.45) is 0. The van der Waals surface area contributed by atoms with E-state index in [0.717, 1.165) is 38.0 Å². The predicted molar refractivity (Wildman–Crippen MR) is 122 cm³/mol. The van der Waals surface area contributed by atoms with Crippen LogP contribution in [0, 0.1) is 18.8 Å². The molecule has 1 nitrogen and oxygen atoms in total. The summed E-state index contributed by atoms with van der Waals surface area (Å²) in [5, 5.41) is 13.8. The molecule has 0 bridgehead atoms. The molecule has 1 N–H and O–H groups in total. The first-order valence-corrected chi connectivity index (χ1v) is 9.92. The minimum absolute atomic E-state index is 0.723. The van der Waals surface area contributed by atoms with Gasteiger partial charge in [0.1, 0.15) is 5.60 Å². The van der Waals surface area contributed by atoms with Crippen LogP contribution in [0.25, 0.3) is 21.9 Å². The summed E-state index contributed by atoms with van der Waals surface area (Å²) in [6.45, 7) is 3.82. The van der Waals surface area contributed by atoms with Crippen molar-refractivity contribution >= 4 is 22.4 Å². The van der Waals surface area contributed by atoms with Gasteiger partial charge in [-0.25, -0.2) is 0 Å². The molecule has 0 aliphatic heterocycles. The lowest BCUT2D eigenvalue weighted by Gasteiger charge is -2.16. The van der Waals surface area contributed by atoms with E-state index < -0.39 is 5.60 Å². The Kier molecular flexibility index (Phi) is 5.16. The average molecular weight is 397 g/mol. The smallest absolute Gasteiger partial charge is 0.148 e. The highest BCUT2D eigenvalue weighted by atomic mass is 35.5. The third-order valence-corrected chi connectivity index (χ3v) is 5.29. The Morgan fingerprint density at radius 3 is 2.31 bits per heavy atom. The van der Waals surface area contributed by atoms with Crippen molar-refractivity contribution in [2.45, 2.75) is 19.4 Å². The molecule has 0 spiro atoms. The largest absolute Gasteiger partial charge is 0.374 e. The zero-order valence-corrected chi connectivity index (χ0v) is 17.2. The van der Waals surface area contributed by atoms with Crippen LogP contribution in [0.3, 0.4) is 0 Å². The van der Waals surface area contributed by atoms with E-state index in [1.165, 1.54) is 5.56 Å². The van der Waals surface area contributed by atoms with Crippen molar-refractivity contribution in [3.63, 3.8) is 0 Å². The molecule has 0 fully saturated rings. The predicted octanol–water partition coefficient (Wildman–Crippen LogP) is 6.73. The van der Waals surface area contributed by atoms with Gasteiger partial charge >= 0.3 is 0 Å². The fourth-order valence-electron chi connectivity index (χ4n) is 3.48. The first-order chi connectivity index (χ1) is 13.9. The molecule has 0 saturated carbocycles. The van der Waals surface area contributed by atoms with Crippen LogP contribution >= 0.6 is 11.6 Å². The molecule has 0 amide bonds. The van der Waals surface area contributed by atoms with Crippen molar-refractivity contribution in [3.05, 3.63) is 107 Å². The number of hydrogen-bond donors (Lipinski definition) is 1. The lowest BCUT2D eigenvalue weighted by molar-refractivity contribution is 0.122. The molecule has 2 heteroatoms. The molecule has 0 heterocycles. The summed E-state index contributed by atoms with van der Waals surface area (Å²) in [7, 11) is 0. The monoisotopic (exact) mass is 396 g/mol. The molecular weight excluding hydrogens is 376 g/mol. The van der Waals surface area contributed by atoms with E-state index in [2.05, 4.69) is 43.0 Å². The topological polar surface area (TPSA) is 20.2 Å². The van der Waals surface area contributed by atoms with Crippen molar-refractivity contribution in [1.82, 2.24) is 0 Å². The SMILES string of the molecule is Cc1cc(-c2ccc(Cl)cc2)c2cc(C#CC(C)(O)c3ccccc3)ccc2c1. The van der Waals surface area contributed by atoms with Crippen molar-refractivity contribution in [2.24, 2.45) is 0 Å². The molecule has 0 aliphatic rings. The fraction of sp³-hybridized carbons (Fsp3) is 0.111. The molecule has 0 radical (unpaired) electrons. The number of aryl methyl sites for hydroxylation is 1. The van der Waals surface area contributed by atoms with Crippen LogP contribution < -0.4 is 0 Å².